The van der Waals surface area contributed by atoms with Crippen molar-refractivity contribution in [3.63, 3.8) is 0 Å². The fraction of sp³-hybridized carbons (Fsp3) is 0.778. The summed E-state index contributed by atoms with van der Waals surface area (Å²) in [5, 5.41) is 8.74. The Morgan fingerprint density at radius 2 is 2.17 bits per heavy atom. The van der Waals surface area contributed by atoms with Crippen LogP contribution in [0.2, 0.25) is 0 Å². The molecule has 3 nitrogen and oxygen atoms in total. The quantitative estimate of drug-likeness (QED) is 0.569. The Labute approximate surface area is 74.6 Å². The average Bonchev–Trinajstić information content (AvgIpc) is 2.00. The highest BCUT2D eigenvalue weighted by molar-refractivity contribution is 4.91. The molecule has 0 saturated carbocycles. The van der Waals surface area contributed by atoms with Gasteiger partial charge in [-0.2, -0.15) is 0 Å². The predicted molar refractivity (Wildman–Crippen MR) is 50.2 cm³/mol. The molecule has 0 aliphatic carbocycles. The summed E-state index contributed by atoms with van der Waals surface area (Å²) in [6.07, 6.45) is 0. The monoisotopic (exact) mass is 173 g/mol. The Kier molecular flexibility index (Phi) is 7.05. The number of hydrogen-bond donors (Lipinski definition) is 1. The van der Waals surface area contributed by atoms with Crippen LogP contribution in [0.4, 0.5) is 0 Å². The Hall–Kier alpha value is -0.380. The van der Waals surface area contributed by atoms with Gasteiger partial charge in [-0.1, -0.05) is 12.2 Å². The van der Waals surface area contributed by atoms with Crippen LogP contribution in [-0.4, -0.2) is 50.0 Å². The SMILES string of the molecule is C=C(C)CN(CCO)CCOC. The third-order valence-corrected chi connectivity index (χ3v) is 1.52. The topological polar surface area (TPSA) is 32.7 Å². The zero-order valence-corrected chi connectivity index (χ0v) is 8.05. The Balaban J connectivity index is 3.61. The summed E-state index contributed by atoms with van der Waals surface area (Å²) in [6.45, 7) is 9.08. The molecule has 3 heteroatoms. The van der Waals surface area contributed by atoms with Gasteiger partial charge in [-0.15, -0.1) is 0 Å². The van der Waals surface area contributed by atoms with E-state index in [-0.39, 0.29) is 6.61 Å². The van der Waals surface area contributed by atoms with Crippen LogP contribution in [0.1, 0.15) is 6.92 Å². The van der Waals surface area contributed by atoms with Gasteiger partial charge < -0.3 is 9.84 Å². The van der Waals surface area contributed by atoms with Gasteiger partial charge in [0.25, 0.3) is 0 Å². The second-order valence-corrected chi connectivity index (χ2v) is 2.95. The summed E-state index contributed by atoms with van der Waals surface area (Å²) in [7, 11) is 1.68. The summed E-state index contributed by atoms with van der Waals surface area (Å²) in [5.41, 5.74) is 1.11. The van der Waals surface area contributed by atoms with Gasteiger partial charge in [0.05, 0.1) is 13.2 Å². The Morgan fingerprint density at radius 1 is 1.50 bits per heavy atom. The van der Waals surface area contributed by atoms with Crippen molar-refractivity contribution in [1.82, 2.24) is 4.90 Å². The first kappa shape index (κ1) is 11.6. The molecule has 0 bridgehead atoms. The lowest BCUT2D eigenvalue weighted by molar-refractivity contribution is 0.137. The van der Waals surface area contributed by atoms with Crippen molar-refractivity contribution < 1.29 is 9.84 Å². The van der Waals surface area contributed by atoms with Crippen LogP contribution >= 0.6 is 0 Å². The first-order chi connectivity index (χ1) is 5.70. The molecule has 72 valence electrons. The van der Waals surface area contributed by atoms with E-state index in [0.717, 1.165) is 18.7 Å². The van der Waals surface area contributed by atoms with Crippen LogP contribution in [0.25, 0.3) is 0 Å². The van der Waals surface area contributed by atoms with Crippen LogP contribution in [0.5, 0.6) is 0 Å². The molecule has 0 unspecified atom stereocenters. The highest BCUT2D eigenvalue weighted by Crippen LogP contribution is 1.94. The van der Waals surface area contributed by atoms with Gasteiger partial charge in [0.1, 0.15) is 0 Å². The fourth-order valence-electron chi connectivity index (χ4n) is 1.01. The number of aliphatic hydroxyl groups excluding tert-OH is 1. The molecule has 0 heterocycles. The number of rotatable bonds is 7. The highest BCUT2D eigenvalue weighted by Gasteiger charge is 2.02. The molecule has 0 aliphatic rings. The molecule has 0 fully saturated rings. The lowest BCUT2D eigenvalue weighted by atomic mass is 10.3. The molecular weight excluding hydrogens is 154 g/mol. The van der Waals surface area contributed by atoms with E-state index in [4.69, 9.17) is 9.84 Å². The highest BCUT2D eigenvalue weighted by atomic mass is 16.5. The lowest BCUT2D eigenvalue weighted by Gasteiger charge is -2.20. The molecule has 0 amide bonds. The van der Waals surface area contributed by atoms with Gasteiger partial charge in [-0.25, -0.2) is 0 Å². The van der Waals surface area contributed by atoms with Crippen molar-refractivity contribution in [3.05, 3.63) is 12.2 Å². The van der Waals surface area contributed by atoms with E-state index in [2.05, 4.69) is 11.5 Å². The molecule has 0 aromatic rings. The lowest BCUT2D eigenvalue weighted by Crippen LogP contribution is -2.31. The van der Waals surface area contributed by atoms with Gasteiger partial charge >= 0.3 is 0 Å². The van der Waals surface area contributed by atoms with E-state index < -0.39 is 0 Å². The van der Waals surface area contributed by atoms with Gasteiger partial charge in [-0.3, -0.25) is 4.90 Å². The minimum Gasteiger partial charge on any atom is -0.395 e. The number of ether oxygens (including phenoxy) is 1. The first-order valence-corrected chi connectivity index (χ1v) is 4.17. The van der Waals surface area contributed by atoms with Crippen LogP contribution in [0.3, 0.4) is 0 Å². The smallest absolute Gasteiger partial charge is 0.0589 e. The Morgan fingerprint density at radius 3 is 2.58 bits per heavy atom. The number of nitrogens with zero attached hydrogens (tertiary/aromatic N) is 1. The van der Waals surface area contributed by atoms with Crippen LogP contribution in [-0.2, 0) is 4.74 Å². The van der Waals surface area contributed by atoms with E-state index >= 15 is 0 Å². The van der Waals surface area contributed by atoms with E-state index in [1.54, 1.807) is 7.11 Å². The van der Waals surface area contributed by atoms with E-state index in [1.807, 2.05) is 6.92 Å². The summed E-state index contributed by atoms with van der Waals surface area (Å²) in [6, 6.07) is 0. The maximum Gasteiger partial charge on any atom is 0.0589 e. The number of aliphatic hydroxyl groups is 1. The fourth-order valence-corrected chi connectivity index (χ4v) is 1.01. The van der Waals surface area contributed by atoms with Crippen LogP contribution in [0.15, 0.2) is 12.2 Å². The first-order valence-electron chi connectivity index (χ1n) is 4.17. The standard InChI is InChI=1S/C9H19NO2/c1-9(2)8-10(4-6-11)5-7-12-3/h11H,1,4-8H2,2-3H3. The largest absolute Gasteiger partial charge is 0.395 e. The van der Waals surface area contributed by atoms with Crippen LogP contribution in [0, 0.1) is 0 Å². The summed E-state index contributed by atoms with van der Waals surface area (Å²) in [4.78, 5) is 2.12. The zero-order valence-electron chi connectivity index (χ0n) is 8.05. The molecule has 0 aromatic heterocycles. The van der Waals surface area contributed by atoms with E-state index in [9.17, 15) is 0 Å². The second-order valence-electron chi connectivity index (χ2n) is 2.95. The molecule has 12 heavy (non-hydrogen) atoms. The molecule has 0 atom stereocenters. The molecule has 0 saturated heterocycles. The molecule has 0 aliphatic heterocycles. The third kappa shape index (κ3) is 6.34. The second kappa shape index (κ2) is 7.28. The zero-order chi connectivity index (χ0) is 9.40. The normalized spacial score (nSPS) is 10.7. The van der Waals surface area contributed by atoms with Crippen molar-refractivity contribution in [2.75, 3.05) is 40.0 Å². The maximum absolute atomic E-state index is 8.74. The average molecular weight is 173 g/mol. The Bertz CT molecular complexity index is 126. The van der Waals surface area contributed by atoms with Crippen molar-refractivity contribution in [2.24, 2.45) is 0 Å². The molecule has 0 spiro atoms. The molecule has 0 radical (unpaired) electrons. The molecule has 1 N–H and O–H groups in total. The minimum absolute atomic E-state index is 0.191. The van der Waals surface area contributed by atoms with Crippen molar-refractivity contribution in [3.8, 4) is 0 Å². The van der Waals surface area contributed by atoms with Gasteiger partial charge in [0.15, 0.2) is 0 Å². The summed E-state index contributed by atoms with van der Waals surface area (Å²) in [5.74, 6) is 0. The van der Waals surface area contributed by atoms with Gasteiger partial charge in [0, 0.05) is 26.7 Å². The van der Waals surface area contributed by atoms with E-state index in [0.29, 0.717) is 13.2 Å². The maximum atomic E-state index is 8.74. The van der Waals surface area contributed by atoms with Crippen molar-refractivity contribution >= 4 is 0 Å². The summed E-state index contributed by atoms with van der Waals surface area (Å²) < 4.78 is 4.95. The molecule has 0 rings (SSSR count). The van der Waals surface area contributed by atoms with Gasteiger partial charge in [0.2, 0.25) is 0 Å². The number of hydrogen-bond acceptors (Lipinski definition) is 3. The predicted octanol–water partition coefficient (Wildman–Crippen LogP) is 0.503. The van der Waals surface area contributed by atoms with Crippen LogP contribution < -0.4 is 0 Å². The third-order valence-electron chi connectivity index (χ3n) is 1.52. The van der Waals surface area contributed by atoms with Crippen molar-refractivity contribution in [1.29, 1.82) is 0 Å². The summed E-state index contributed by atoms with van der Waals surface area (Å²) >= 11 is 0. The molecule has 0 aromatic carbocycles. The van der Waals surface area contributed by atoms with E-state index in [1.165, 1.54) is 0 Å². The van der Waals surface area contributed by atoms with Crippen molar-refractivity contribution in [2.45, 2.75) is 6.92 Å². The number of methoxy groups -OCH3 is 1. The van der Waals surface area contributed by atoms with Gasteiger partial charge in [-0.05, 0) is 6.92 Å². The minimum atomic E-state index is 0.191. The molecular formula is C9H19NO2.